The molecule has 0 unspecified atom stereocenters. The Morgan fingerprint density at radius 3 is 2.35 bits per heavy atom. The molecule has 1 aromatic heterocycles. The van der Waals surface area contributed by atoms with Crippen LogP contribution < -0.4 is 10.2 Å². The van der Waals surface area contributed by atoms with Gasteiger partial charge in [-0.2, -0.15) is 0 Å². The van der Waals surface area contributed by atoms with Crippen LogP contribution in [0.15, 0.2) is 12.4 Å². The van der Waals surface area contributed by atoms with Crippen LogP contribution in [0.1, 0.15) is 46.0 Å². The van der Waals surface area contributed by atoms with E-state index in [2.05, 4.69) is 20.2 Å². The fourth-order valence-electron chi connectivity index (χ4n) is 2.55. The van der Waals surface area contributed by atoms with E-state index in [0.29, 0.717) is 5.69 Å². The molecule has 0 spiro atoms. The predicted octanol–water partition coefficient (Wildman–Crippen LogP) is 2.84. The minimum Gasteiger partial charge on any atom is -0.341 e. The number of hydrogen-bond donors (Lipinski definition) is 1. The second kappa shape index (κ2) is 7.22. The monoisotopic (exact) mass is 276 g/mol. The molecule has 5 nitrogen and oxygen atoms in total. The van der Waals surface area contributed by atoms with Crippen molar-refractivity contribution >= 4 is 17.5 Å². The number of anilines is 2. The maximum atomic E-state index is 12.0. The first-order valence-corrected chi connectivity index (χ1v) is 7.62. The van der Waals surface area contributed by atoms with Gasteiger partial charge >= 0.3 is 0 Å². The highest BCUT2D eigenvalue weighted by Gasteiger charge is 2.16. The van der Waals surface area contributed by atoms with Crippen LogP contribution in [-0.2, 0) is 4.79 Å². The highest BCUT2D eigenvalue weighted by Crippen LogP contribution is 2.17. The van der Waals surface area contributed by atoms with Gasteiger partial charge in [0.25, 0.3) is 0 Å². The summed E-state index contributed by atoms with van der Waals surface area (Å²) in [6, 6.07) is 0. The molecule has 1 fully saturated rings. The van der Waals surface area contributed by atoms with Crippen LogP contribution in [0.3, 0.4) is 0 Å². The van der Waals surface area contributed by atoms with Crippen molar-refractivity contribution in [2.24, 2.45) is 5.92 Å². The van der Waals surface area contributed by atoms with Crippen LogP contribution in [0, 0.1) is 5.92 Å². The third-order valence-electron chi connectivity index (χ3n) is 3.90. The summed E-state index contributed by atoms with van der Waals surface area (Å²) in [4.78, 5) is 22.9. The smallest absolute Gasteiger partial charge is 0.227 e. The van der Waals surface area contributed by atoms with Crippen molar-refractivity contribution in [2.75, 3.05) is 23.3 Å². The summed E-state index contributed by atoms with van der Waals surface area (Å²) < 4.78 is 0. The van der Waals surface area contributed by atoms with Crippen molar-refractivity contribution in [2.45, 2.75) is 46.0 Å². The molecule has 2 rings (SSSR count). The topological polar surface area (TPSA) is 58.1 Å². The lowest BCUT2D eigenvalue weighted by atomic mass is 10.0. The zero-order valence-corrected chi connectivity index (χ0v) is 12.4. The van der Waals surface area contributed by atoms with Gasteiger partial charge in [-0.25, -0.2) is 9.97 Å². The molecule has 0 aromatic carbocycles. The van der Waals surface area contributed by atoms with Crippen molar-refractivity contribution in [3.05, 3.63) is 12.4 Å². The summed E-state index contributed by atoms with van der Waals surface area (Å²) in [7, 11) is 0. The second-order valence-electron chi connectivity index (χ2n) is 5.32. The second-order valence-corrected chi connectivity index (χ2v) is 5.32. The van der Waals surface area contributed by atoms with E-state index in [1.807, 2.05) is 13.8 Å². The van der Waals surface area contributed by atoms with E-state index in [4.69, 9.17) is 0 Å². The van der Waals surface area contributed by atoms with Gasteiger partial charge in [-0.15, -0.1) is 0 Å². The molecule has 1 N–H and O–H groups in total. The first-order valence-electron chi connectivity index (χ1n) is 7.62. The van der Waals surface area contributed by atoms with Crippen LogP contribution in [0.5, 0.6) is 0 Å². The van der Waals surface area contributed by atoms with Gasteiger partial charge in [-0.3, -0.25) is 4.79 Å². The minimum absolute atomic E-state index is 0.0596. The molecule has 2 heterocycles. The summed E-state index contributed by atoms with van der Waals surface area (Å²) >= 11 is 0. The highest BCUT2D eigenvalue weighted by molar-refractivity contribution is 5.92. The minimum atomic E-state index is 0.0596. The Morgan fingerprint density at radius 1 is 1.20 bits per heavy atom. The summed E-state index contributed by atoms with van der Waals surface area (Å²) in [5.41, 5.74) is 0.683. The van der Waals surface area contributed by atoms with Gasteiger partial charge in [0, 0.05) is 19.0 Å². The zero-order chi connectivity index (χ0) is 14.4. The van der Waals surface area contributed by atoms with E-state index in [1.54, 1.807) is 12.4 Å². The Bertz CT molecular complexity index is 422. The van der Waals surface area contributed by atoms with Crippen LogP contribution >= 0.6 is 0 Å². The molecule has 0 bridgehead atoms. The maximum absolute atomic E-state index is 12.0. The van der Waals surface area contributed by atoms with E-state index in [9.17, 15) is 4.79 Å². The van der Waals surface area contributed by atoms with Gasteiger partial charge in [0.1, 0.15) is 0 Å². The number of carbonyl (C=O) groups is 1. The van der Waals surface area contributed by atoms with Gasteiger partial charge in [-0.1, -0.05) is 13.8 Å². The van der Waals surface area contributed by atoms with Gasteiger partial charge in [0.05, 0.1) is 18.1 Å². The molecule has 1 aromatic rings. The Hall–Kier alpha value is -1.65. The van der Waals surface area contributed by atoms with E-state index < -0.39 is 0 Å². The maximum Gasteiger partial charge on any atom is 0.227 e. The third kappa shape index (κ3) is 3.68. The molecule has 0 atom stereocenters. The Labute approximate surface area is 120 Å². The Balaban J connectivity index is 1.95. The van der Waals surface area contributed by atoms with Crippen LogP contribution in [0.4, 0.5) is 11.6 Å². The largest absolute Gasteiger partial charge is 0.341 e. The molecule has 0 saturated carbocycles. The number of carbonyl (C=O) groups excluding carboxylic acids is 1. The average molecular weight is 276 g/mol. The fraction of sp³-hybridized carbons (Fsp3) is 0.667. The molecule has 1 aliphatic rings. The SMILES string of the molecule is CCC(CC)C(=O)Nc1cnc(N2CCCCC2)nc1. The van der Waals surface area contributed by atoms with E-state index in [0.717, 1.165) is 31.9 Å². The summed E-state index contributed by atoms with van der Waals surface area (Å²) in [5, 5.41) is 2.89. The van der Waals surface area contributed by atoms with Crippen LogP contribution in [0.2, 0.25) is 0 Å². The summed E-state index contributed by atoms with van der Waals surface area (Å²) in [6.07, 6.45) is 8.83. The molecule has 1 saturated heterocycles. The highest BCUT2D eigenvalue weighted by atomic mass is 16.1. The number of aromatic nitrogens is 2. The lowest BCUT2D eigenvalue weighted by molar-refractivity contribution is -0.120. The molecule has 20 heavy (non-hydrogen) atoms. The number of hydrogen-bond acceptors (Lipinski definition) is 4. The number of nitrogens with one attached hydrogen (secondary N) is 1. The molecule has 0 aliphatic carbocycles. The zero-order valence-electron chi connectivity index (χ0n) is 12.4. The molecule has 1 aliphatic heterocycles. The van der Waals surface area contributed by atoms with E-state index >= 15 is 0 Å². The molecule has 1 amide bonds. The van der Waals surface area contributed by atoms with Crippen molar-refractivity contribution < 1.29 is 4.79 Å². The van der Waals surface area contributed by atoms with E-state index in [-0.39, 0.29) is 11.8 Å². The Morgan fingerprint density at radius 2 is 1.80 bits per heavy atom. The standard InChI is InChI=1S/C15H24N4O/c1-3-12(4-2)14(20)18-13-10-16-15(17-11-13)19-8-6-5-7-9-19/h10-12H,3-9H2,1-2H3,(H,18,20). The number of rotatable bonds is 5. The van der Waals surface area contributed by atoms with Crippen molar-refractivity contribution in [1.82, 2.24) is 9.97 Å². The molecule has 5 heteroatoms. The molecule has 0 radical (unpaired) electrons. The molecule has 110 valence electrons. The summed E-state index contributed by atoms with van der Waals surface area (Å²) in [5.74, 6) is 0.895. The molecular formula is C15H24N4O. The fourth-order valence-corrected chi connectivity index (χ4v) is 2.55. The normalized spacial score (nSPS) is 15.4. The van der Waals surface area contributed by atoms with Gasteiger partial charge in [0.15, 0.2) is 0 Å². The Kier molecular flexibility index (Phi) is 5.32. The molecular weight excluding hydrogens is 252 g/mol. The van der Waals surface area contributed by atoms with Gasteiger partial charge in [0.2, 0.25) is 11.9 Å². The summed E-state index contributed by atoms with van der Waals surface area (Å²) in [6.45, 7) is 6.12. The van der Waals surface area contributed by atoms with Crippen molar-refractivity contribution in [3.8, 4) is 0 Å². The van der Waals surface area contributed by atoms with Gasteiger partial charge in [-0.05, 0) is 32.1 Å². The third-order valence-corrected chi connectivity index (χ3v) is 3.90. The lowest BCUT2D eigenvalue weighted by Gasteiger charge is -2.26. The van der Waals surface area contributed by atoms with Crippen molar-refractivity contribution in [3.63, 3.8) is 0 Å². The van der Waals surface area contributed by atoms with Gasteiger partial charge < -0.3 is 10.2 Å². The first kappa shape index (κ1) is 14.8. The van der Waals surface area contributed by atoms with Crippen LogP contribution in [0.25, 0.3) is 0 Å². The lowest BCUT2D eigenvalue weighted by Crippen LogP contribution is -2.31. The number of piperidine rings is 1. The number of amides is 1. The average Bonchev–Trinajstić information content (AvgIpc) is 2.50. The quantitative estimate of drug-likeness (QED) is 0.898. The number of nitrogens with zero attached hydrogens (tertiary/aromatic N) is 3. The predicted molar refractivity (Wildman–Crippen MR) is 80.8 cm³/mol. The van der Waals surface area contributed by atoms with Crippen LogP contribution in [-0.4, -0.2) is 29.0 Å². The first-order chi connectivity index (χ1) is 9.74. The van der Waals surface area contributed by atoms with Crippen molar-refractivity contribution in [1.29, 1.82) is 0 Å². The van der Waals surface area contributed by atoms with E-state index in [1.165, 1.54) is 19.3 Å².